The molecule has 0 radical (unpaired) electrons. The smallest absolute Gasteiger partial charge is 0.265 e. The van der Waals surface area contributed by atoms with Crippen LogP contribution in [-0.2, 0) is 15.9 Å². The fourth-order valence-corrected chi connectivity index (χ4v) is 4.99. The molecule has 108 valence electrons. The molecular formula is C14H16ClNO2S2. The Balaban J connectivity index is 2.49. The van der Waals surface area contributed by atoms with E-state index in [4.69, 9.17) is 11.6 Å². The van der Waals surface area contributed by atoms with E-state index in [0.29, 0.717) is 16.5 Å². The SMILES string of the molecule is Cc1ccccc1N(C)S(=O)(=O)c1cc(CCl)sc1C. The second kappa shape index (κ2) is 5.76. The molecule has 0 N–H and O–H groups in total. The quantitative estimate of drug-likeness (QED) is 0.797. The lowest BCUT2D eigenvalue weighted by molar-refractivity contribution is 0.594. The van der Waals surface area contributed by atoms with Crippen molar-refractivity contribution >= 4 is 38.6 Å². The number of nitrogens with zero attached hydrogens (tertiary/aromatic N) is 1. The van der Waals surface area contributed by atoms with Crippen molar-refractivity contribution in [3.05, 3.63) is 45.6 Å². The third kappa shape index (κ3) is 2.71. The standard InChI is InChI=1S/C14H16ClNO2S2/c1-10-6-4-5-7-13(10)16(3)20(17,18)14-8-12(9-15)19-11(14)2/h4-8H,9H2,1-3H3. The highest BCUT2D eigenvalue weighted by Gasteiger charge is 2.25. The van der Waals surface area contributed by atoms with Crippen LogP contribution < -0.4 is 4.31 Å². The topological polar surface area (TPSA) is 37.4 Å². The van der Waals surface area contributed by atoms with Gasteiger partial charge in [-0.15, -0.1) is 22.9 Å². The number of hydrogen-bond donors (Lipinski definition) is 0. The van der Waals surface area contributed by atoms with E-state index < -0.39 is 10.0 Å². The summed E-state index contributed by atoms with van der Waals surface area (Å²) in [5.41, 5.74) is 1.61. The van der Waals surface area contributed by atoms with Gasteiger partial charge in [0, 0.05) is 16.8 Å². The van der Waals surface area contributed by atoms with Crippen molar-refractivity contribution in [2.24, 2.45) is 0 Å². The molecule has 0 atom stereocenters. The highest BCUT2D eigenvalue weighted by molar-refractivity contribution is 7.93. The second-order valence-electron chi connectivity index (χ2n) is 4.53. The molecule has 0 saturated heterocycles. The fourth-order valence-electron chi connectivity index (χ4n) is 2.04. The highest BCUT2D eigenvalue weighted by atomic mass is 35.5. The van der Waals surface area contributed by atoms with Gasteiger partial charge in [-0.1, -0.05) is 18.2 Å². The lowest BCUT2D eigenvalue weighted by Crippen LogP contribution is -2.27. The average Bonchev–Trinajstić information content (AvgIpc) is 2.80. The van der Waals surface area contributed by atoms with Crippen molar-refractivity contribution in [2.75, 3.05) is 11.4 Å². The summed E-state index contributed by atoms with van der Waals surface area (Å²) in [6.45, 7) is 3.70. The zero-order valence-electron chi connectivity index (χ0n) is 11.6. The number of hydrogen-bond acceptors (Lipinski definition) is 3. The van der Waals surface area contributed by atoms with Gasteiger partial charge in [0.2, 0.25) is 0 Å². The molecule has 1 heterocycles. The molecule has 20 heavy (non-hydrogen) atoms. The Kier molecular flexibility index (Phi) is 4.42. The van der Waals surface area contributed by atoms with Crippen LogP contribution in [0.25, 0.3) is 0 Å². The molecule has 0 spiro atoms. The minimum Gasteiger partial charge on any atom is -0.269 e. The maximum absolute atomic E-state index is 12.7. The number of sulfonamides is 1. The minimum absolute atomic E-state index is 0.328. The first-order valence-corrected chi connectivity index (χ1v) is 8.87. The summed E-state index contributed by atoms with van der Waals surface area (Å²) in [5, 5.41) is 0. The molecule has 0 aliphatic rings. The summed E-state index contributed by atoms with van der Waals surface area (Å²) in [7, 11) is -1.97. The molecule has 3 nitrogen and oxygen atoms in total. The molecule has 2 aromatic rings. The van der Waals surface area contributed by atoms with Gasteiger partial charge in [-0.3, -0.25) is 4.31 Å². The molecule has 1 aromatic carbocycles. The first-order valence-electron chi connectivity index (χ1n) is 6.07. The van der Waals surface area contributed by atoms with Crippen LogP contribution in [0.2, 0.25) is 0 Å². The van der Waals surface area contributed by atoms with E-state index in [-0.39, 0.29) is 0 Å². The molecule has 0 bridgehead atoms. The minimum atomic E-state index is -3.55. The first kappa shape index (κ1) is 15.4. The van der Waals surface area contributed by atoms with E-state index in [1.54, 1.807) is 26.1 Å². The molecule has 0 aliphatic heterocycles. The number of anilines is 1. The monoisotopic (exact) mass is 329 g/mol. The summed E-state index contributed by atoms with van der Waals surface area (Å²) in [5.74, 6) is 0.328. The van der Waals surface area contributed by atoms with Crippen molar-refractivity contribution in [3.8, 4) is 0 Å². The molecule has 0 unspecified atom stereocenters. The number of halogens is 1. The van der Waals surface area contributed by atoms with E-state index in [1.807, 2.05) is 25.1 Å². The summed E-state index contributed by atoms with van der Waals surface area (Å²) in [6, 6.07) is 9.08. The summed E-state index contributed by atoms with van der Waals surface area (Å²) in [6.07, 6.45) is 0. The maximum Gasteiger partial charge on any atom is 0.265 e. The Bertz CT molecular complexity index is 723. The summed E-state index contributed by atoms with van der Waals surface area (Å²) < 4.78 is 26.8. The Labute approximate surface area is 128 Å². The number of rotatable bonds is 4. The van der Waals surface area contributed by atoms with Gasteiger partial charge in [-0.25, -0.2) is 8.42 Å². The fraction of sp³-hybridized carbons (Fsp3) is 0.286. The molecule has 0 aliphatic carbocycles. The van der Waals surface area contributed by atoms with Crippen LogP contribution in [0.5, 0.6) is 0 Å². The van der Waals surface area contributed by atoms with Crippen molar-refractivity contribution in [1.82, 2.24) is 0 Å². The lowest BCUT2D eigenvalue weighted by atomic mass is 10.2. The van der Waals surface area contributed by atoms with Crippen LogP contribution in [0, 0.1) is 13.8 Å². The number of alkyl halides is 1. The van der Waals surface area contributed by atoms with E-state index in [9.17, 15) is 8.42 Å². The van der Waals surface area contributed by atoms with Gasteiger partial charge in [0.05, 0.1) is 11.6 Å². The predicted octanol–water partition coefficient (Wildman–Crippen LogP) is 3.93. The number of thiophene rings is 1. The Hall–Kier alpha value is -1.04. The van der Waals surface area contributed by atoms with Crippen LogP contribution in [0.15, 0.2) is 35.2 Å². The van der Waals surface area contributed by atoms with Crippen LogP contribution in [0.1, 0.15) is 15.3 Å². The molecule has 0 saturated carbocycles. The number of aryl methyl sites for hydroxylation is 2. The molecule has 6 heteroatoms. The van der Waals surface area contributed by atoms with Gasteiger partial charge in [0.25, 0.3) is 10.0 Å². The van der Waals surface area contributed by atoms with Crippen LogP contribution in [0.4, 0.5) is 5.69 Å². The molecule has 0 amide bonds. The molecular weight excluding hydrogens is 314 g/mol. The van der Waals surface area contributed by atoms with Crippen molar-refractivity contribution in [1.29, 1.82) is 0 Å². The predicted molar refractivity (Wildman–Crippen MR) is 85.4 cm³/mol. The largest absolute Gasteiger partial charge is 0.269 e. The van der Waals surface area contributed by atoms with Crippen molar-refractivity contribution in [3.63, 3.8) is 0 Å². The van der Waals surface area contributed by atoms with Crippen molar-refractivity contribution < 1.29 is 8.42 Å². The van der Waals surface area contributed by atoms with Crippen LogP contribution in [-0.4, -0.2) is 15.5 Å². The third-order valence-electron chi connectivity index (χ3n) is 3.15. The van der Waals surface area contributed by atoms with E-state index in [2.05, 4.69) is 0 Å². The maximum atomic E-state index is 12.7. The third-order valence-corrected chi connectivity index (χ3v) is 6.67. The lowest BCUT2D eigenvalue weighted by Gasteiger charge is -2.21. The number of para-hydroxylation sites is 1. The summed E-state index contributed by atoms with van der Waals surface area (Å²) >= 11 is 7.21. The number of benzene rings is 1. The Morgan fingerprint density at radius 1 is 1.25 bits per heavy atom. The van der Waals surface area contributed by atoms with Gasteiger partial charge in [-0.05, 0) is 31.5 Å². The normalized spacial score (nSPS) is 11.6. The molecule has 0 fully saturated rings. The van der Waals surface area contributed by atoms with E-state index >= 15 is 0 Å². The van der Waals surface area contributed by atoms with Crippen LogP contribution in [0.3, 0.4) is 0 Å². The van der Waals surface area contributed by atoms with E-state index in [1.165, 1.54) is 15.6 Å². The summed E-state index contributed by atoms with van der Waals surface area (Å²) in [4.78, 5) is 1.96. The Morgan fingerprint density at radius 3 is 2.45 bits per heavy atom. The molecule has 1 aromatic heterocycles. The van der Waals surface area contributed by atoms with E-state index in [0.717, 1.165) is 15.3 Å². The second-order valence-corrected chi connectivity index (χ2v) is 8.07. The van der Waals surface area contributed by atoms with Gasteiger partial charge < -0.3 is 0 Å². The highest BCUT2D eigenvalue weighted by Crippen LogP contribution is 2.31. The van der Waals surface area contributed by atoms with Crippen LogP contribution >= 0.6 is 22.9 Å². The Morgan fingerprint density at radius 2 is 1.90 bits per heavy atom. The van der Waals surface area contributed by atoms with Gasteiger partial charge in [0.15, 0.2) is 0 Å². The average molecular weight is 330 g/mol. The molecule has 2 rings (SSSR count). The van der Waals surface area contributed by atoms with Gasteiger partial charge >= 0.3 is 0 Å². The first-order chi connectivity index (χ1) is 9.37. The van der Waals surface area contributed by atoms with Gasteiger partial charge in [-0.2, -0.15) is 0 Å². The zero-order valence-corrected chi connectivity index (χ0v) is 13.9. The zero-order chi connectivity index (χ0) is 14.9. The van der Waals surface area contributed by atoms with Crippen molar-refractivity contribution in [2.45, 2.75) is 24.6 Å². The van der Waals surface area contributed by atoms with Gasteiger partial charge in [0.1, 0.15) is 4.90 Å².